The van der Waals surface area contributed by atoms with Crippen molar-refractivity contribution in [3.8, 4) is 0 Å². The Morgan fingerprint density at radius 1 is 1.40 bits per heavy atom. The van der Waals surface area contributed by atoms with Crippen molar-refractivity contribution in [1.29, 1.82) is 0 Å². The molecule has 0 saturated heterocycles. The van der Waals surface area contributed by atoms with Crippen LogP contribution in [0.5, 0.6) is 0 Å². The summed E-state index contributed by atoms with van der Waals surface area (Å²) >= 11 is 1.73. The molecule has 110 valence electrons. The third-order valence-corrected chi connectivity index (χ3v) is 5.13. The molecule has 2 atom stereocenters. The van der Waals surface area contributed by atoms with Gasteiger partial charge in [0.1, 0.15) is 0 Å². The predicted octanol–water partition coefficient (Wildman–Crippen LogP) is 3.89. The molecule has 2 aromatic heterocycles. The van der Waals surface area contributed by atoms with Crippen LogP contribution in [0.15, 0.2) is 17.8 Å². The normalized spacial score (nSPS) is 24.1. The van der Waals surface area contributed by atoms with Gasteiger partial charge in [0.25, 0.3) is 0 Å². The first-order valence-corrected chi connectivity index (χ1v) is 8.87. The summed E-state index contributed by atoms with van der Waals surface area (Å²) in [6, 6.07) is 0.728. The van der Waals surface area contributed by atoms with Crippen LogP contribution >= 0.6 is 11.3 Å². The maximum Gasteiger partial charge on any atom is 0.193 e. The number of rotatable bonds is 5. The lowest BCUT2D eigenvalue weighted by atomic mass is 9.93. The topological polar surface area (TPSA) is 29.3 Å². The van der Waals surface area contributed by atoms with Gasteiger partial charge in [0.15, 0.2) is 4.96 Å². The Balaban J connectivity index is 1.61. The average Bonchev–Trinajstić information content (AvgIpc) is 2.93. The molecule has 3 nitrogen and oxygen atoms in total. The van der Waals surface area contributed by atoms with Crippen molar-refractivity contribution in [3.05, 3.63) is 23.5 Å². The summed E-state index contributed by atoms with van der Waals surface area (Å²) in [6.07, 6.45) is 13.5. The van der Waals surface area contributed by atoms with E-state index in [-0.39, 0.29) is 0 Å². The summed E-state index contributed by atoms with van der Waals surface area (Å²) in [4.78, 5) is 5.88. The van der Waals surface area contributed by atoms with Crippen molar-refractivity contribution in [2.75, 3.05) is 6.54 Å². The van der Waals surface area contributed by atoms with Crippen LogP contribution in [0.4, 0.5) is 0 Å². The summed E-state index contributed by atoms with van der Waals surface area (Å²) in [5, 5.41) is 5.82. The Morgan fingerprint density at radius 2 is 2.30 bits per heavy atom. The van der Waals surface area contributed by atoms with Crippen LogP contribution in [-0.4, -0.2) is 22.0 Å². The van der Waals surface area contributed by atoms with Crippen LogP contribution in [0.25, 0.3) is 4.96 Å². The van der Waals surface area contributed by atoms with Gasteiger partial charge in [0.2, 0.25) is 0 Å². The summed E-state index contributed by atoms with van der Waals surface area (Å²) in [6.45, 7) is 3.41. The fourth-order valence-electron chi connectivity index (χ4n) is 3.35. The minimum atomic E-state index is 0.728. The molecule has 2 unspecified atom stereocenters. The molecule has 20 heavy (non-hydrogen) atoms. The van der Waals surface area contributed by atoms with E-state index in [2.05, 4.69) is 34.4 Å². The molecule has 0 radical (unpaired) electrons. The van der Waals surface area contributed by atoms with E-state index < -0.39 is 0 Å². The first-order valence-electron chi connectivity index (χ1n) is 7.99. The summed E-state index contributed by atoms with van der Waals surface area (Å²) in [5.74, 6) is 0.802. The van der Waals surface area contributed by atoms with Crippen molar-refractivity contribution in [1.82, 2.24) is 14.7 Å². The molecule has 0 spiro atoms. The molecule has 0 aliphatic heterocycles. The lowest BCUT2D eigenvalue weighted by molar-refractivity contribution is 0.382. The summed E-state index contributed by atoms with van der Waals surface area (Å²) in [5.41, 5.74) is 1.28. The van der Waals surface area contributed by atoms with E-state index in [1.807, 2.05) is 0 Å². The number of aromatic nitrogens is 2. The van der Waals surface area contributed by atoms with Gasteiger partial charge in [-0.25, -0.2) is 4.98 Å². The molecular weight excluding hydrogens is 266 g/mol. The number of hydrogen-bond acceptors (Lipinski definition) is 3. The van der Waals surface area contributed by atoms with E-state index in [0.29, 0.717) is 0 Å². The Labute approximate surface area is 125 Å². The lowest BCUT2D eigenvalue weighted by Gasteiger charge is -2.20. The monoisotopic (exact) mass is 291 g/mol. The summed E-state index contributed by atoms with van der Waals surface area (Å²) in [7, 11) is 0. The van der Waals surface area contributed by atoms with Gasteiger partial charge in [-0.1, -0.05) is 26.2 Å². The second-order valence-electron chi connectivity index (χ2n) is 6.07. The van der Waals surface area contributed by atoms with E-state index in [1.54, 1.807) is 11.3 Å². The Kier molecular flexibility index (Phi) is 4.73. The number of hydrogen-bond donors (Lipinski definition) is 1. The van der Waals surface area contributed by atoms with Gasteiger partial charge in [0, 0.05) is 23.8 Å². The van der Waals surface area contributed by atoms with Gasteiger partial charge in [-0.3, -0.25) is 4.40 Å². The fraction of sp³-hybridized carbons (Fsp3) is 0.688. The van der Waals surface area contributed by atoms with Gasteiger partial charge >= 0.3 is 0 Å². The molecule has 0 amide bonds. The highest BCUT2D eigenvalue weighted by atomic mass is 32.1. The highest BCUT2D eigenvalue weighted by Gasteiger charge is 2.21. The zero-order valence-corrected chi connectivity index (χ0v) is 13.2. The molecule has 0 aromatic carbocycles. The smallest absolute Gasteiger partial charge is 0.193 e. The van der Waals surface area contributed by atoms with E-state index in [4.69, 9.17) is 4.98 Å². The minimum Gasteiger partial charge on any atom is -0.314 e. The lowest BCUT2D eigenvalue weighted by Crippen LogP contribution is -2.31. The zero-order valence-electron chi connectivity index (χ0n) is 12.3. The van der Waals surface area contributed by atoms with Crippen molar-refractivity contribution >= 4 is 16.3 Å². The van der Waals surface area contributed by atoms with Crippen LogP contribution in [0.3, 0.4) is 0 Å². The molecule has 2 heterocycles. The van der Waals surface area contributed by atoms with E-state index >= 15 is 0 Å². The number of nitrogens with zero attached hydrogens (tertiary/aromatic N) is 2. The standard InChI is InChI=1S/C16H25N3S/c1-2-7-17-14-6-4-3-5-13(10-14)11-15-12-19-8-9-20-16(19)18-15/h8-9,12-14,17H,2-7,10-11H2,1H3. The van der Waals surface area contributed by atoms with Crippen molar-refractivity contribution in [2.45, 2.75) is 57.9 Å². The third-order valence-electron chi connectivity index (χ3n) is 4.36. The van der Waals surface area contributed by atoms with E-state index in [9.17, 15) is 0 Å². The fourth-order valence-corrected chi connectivity index (χ4v) is 4.07. The average molecular weight is 291 g/mol. The largest absolute Gasteiger partial charge is 0.314 e. The van der Waals surface area contributed by atoms with Crippen LogP contribution in [0, 0.1) is 5.92 Å². The number of imidazole rings is 1. The Bertz CT molecular complexity index is 502. The molecule has 4 heteroatoms. The summed E-state index contributed by atoms with van der Waals surface area (Å²) < 4.78 is 2.16. The Morgan fingerprint density at radius 3 is 3.15 bits per heavy atom. The quantitative estimate of drug-likeness (QED) is 0.847. The molecule has 2 aromatic rings. The molecule has 3 rings (SSSR count). The van der Waals surface area contributed by atoms with Crippen LogP contribution in [-0.2, 0) is 6.42 Å². The molecule has 0 bridgehead atoms. The van der Waals surface area contributed by atoms with Crippen molar-refractivity contribution in [2.24, 2.45) is 5.92 Å². The highest BCUT2D eigenvalue weighted by molar-refractivity contribution is 7.15. The first-order chi connectivity index (χ1) is 9.85. The van der Waals surface area contributed by atoms with Crippen molar-refractivity contribution < 1.29 is 0 Å². The van der Waals surface area contributed by atoms with E-state index in [1.165, 1.54) is 44.2 Å². The molecule has 1 aliphatic rings. The van der Waals surface area contributed by atoms with E-state index in [0.717, 1.165) is 29.9 Å². The highest BCUT2D eigenvalue weighted by Crippen LogP contribution is 2.26. The van der Waals surface area contributed by atoms with Gasteiger partial charge in [0.05, 0.1) is 5.69 Å². The van der Waals surface area contributed by atoms with Gasteiger partial charge in [-0.2, -0.15) is 0 Å². The zero-order chi connectivity index (χ0) is 13.8. The second kappa shape index (κ2) is 6.72. The van der Waals surface area contributed by atoms with Gasteiger partial charge in [-0.05, 0) is 38.1 Å². The van der Waals surface area contributed by atoms with Gasteiger partial charge in [-0.15, -0.1) is 11.3 Å². The minimum absolute atomic E-state index is 0.728. The van der Waals surface area contributed by atoms with Crippen LogP contribution < -0.4 is 5.32 Å². The molecule has 1 N–H and O–H groups in total. The third kappa shape index (κ3) is 3.41. The molecular formula is C16H25N3S. The molecule has 1 fully saturated rings. The van der Waals surface area contributed by atoms with Crippen LogP contribution in [0.2, 0.25) is 0 Å². The maximum absolute atomic E-state index is 4.75. The number of thiazole rings is 1. The van der Waals surface area contributed by atoms with Crippen LogP contribution in [0.1, 0.15) is 51.1 Å². The maximum atomic E-state index is 4.75. The van der Waals surface area contributed by atoms with Crippen molar-refractivity contribution in [3.63, 3.8) is 0 Å². The molecule has 1 aliphatic carbocycles. The predicted molar refractivity (Wildman–Crippen MR) is 85.4 cm³/mol. The number of fused-ring (bicyclic) bond motifs is 1. The second-order valence-corrected chi connectivity index (χ2v) is 6.94. The SMILES string of the molecule is CCCNC1CCCCC(Cc2cn3ccsc3n2)C1. The first kappa shape index (κ1) is 14.1. The number of nitrogens with one attached hydrogen (secondary N) is 1. The Hall–Kier alpha value is -0.870. The molecule has 1 saturated carbocycles. The van der Waals surface area contributed by atoms with Gasteiger partial charge < -0.3 is 5.32 Å².